The zero-order valence-electron chi connectivity index (χ0n) is 7.53. The topological polar surface area (TPSA) is 51.0 Å². The van der Waals surface area contributed by atoms with E-state index in [4.69, 9.17) is 4.42 Å². The molecule has 0 bridgehead atoms. The van der Waals surface area contributed by atoms with Gasteiger partial charge in [-0.1, -0.05) is 0 Å². The summed E-state index contributed by atoms with van der Waals surface area (Å²) >= 11 is 0. The fraction of sp³-hybridized carbons (Fsp3) is 0.714. The van der Waals surface area contributed by atoms with Gasteiger partial charge in [-0.15, -0.1) is 35.0 Å². The van der Waals surface area contributed by atoms with Gasteiger partial charge in [0.2, 0.25) is 11.8 Å². The third-order valence-corrected chi connectivity index (χ3v) is 2.07. The van der Waals surface area contributed by atoms with Crippen molar-refractivity contribution in [3.05, 3.63) is 11.8 Å². The molecule has 4 nitrogen and oxygen atoms in total. The molecule has 0 aromatic carbocycles. The van der Waals surface area contributed by atoms with Crippen LogP contribution in [0, 0.1) is 6.92 Å². The summed E-state index contributed by atoms with van der Waals surface area (Å²) in [6.07, 6.45) is 0. The molecule has 0 saturated carbocycles. The molecule has 0 unspecified atom stereocenters. The quantitative estimate of drug-likeness (QED) is 0.778. The van der Waals surface area contributed by atoms with Crippen LogP contribution in [0.25, 0.3) is 0 Å². The van der Waals surface area contributed by atoms with Gasteiger partial charge in [0.25, 0.3) is 0 Å². The Bertz CT molecular complexity index is 272. The summed E-state index contributed by atoms with van der Waals surface area (Å²) in [6.45, 7) is 5.81. The minimum Gasteiger partial charge on any atom is -0.425 e. The van der Waals surface area contributed by atoms with E-state index in [1.165, 1.54) is 0 Å². The third kappa shape index (κ3) is 2.13. The Balaban J connectivity index is 0.000000720. The van der Waals surface area contributed by atoms with Crippen molar-refractivity contribution in [2.45, 2.75) is 19.3 Å². The van der Waals surface area contributed by atoms with E-state index < -0.39 is 0 Å². The van der Waals surface area contributed by atoms with Crippen LogP contribution in [0.5, 0.6) is 0 Å². The lowest BCUT2D eigenvalue weighted by atomic mass is 9.84. The molecule has 1 saturated heterocycles. The van der Waals surface area contributed by atoms with Crippen LogP contribution in [0.4, 0.5) is 0 Å². The largest absolute Gasteiger partial charge is 0.425 e. The Morgan fingerprint density at radius 1 is 1.31 bits per heavy atom. The van der Waals surface area contributed by atoms with E-state index in [0.29, 0.717) is 5.89 Å². The summed E-state index contributed by atoms with van der Waals surface area (Å²) in [7, 11) is 0. The van der Waals surface area contributed by atoms with E-state index in [2.05, 4.69) is 22.4 Å². The van der Waals surface area contributed by atoms with Crippen molar-refractivity contribution in [3.63, 3.8) is 0 Å². The van der Waals surface area contributed by atoms with Gasteiger partial charge in [-0.25, -0.2) is 0 Å². The van der Waals surface area contributed by atoms with Crippen LogP contribution >= 0.6 is 24.8 Å². The van der Waals surface area contributed by atoms with Crippen molar-refractivity contribution in [2.24, 2.45) is 0 Å². The molecule has 1 fully saturated rings. The van der Waals surface area contributed by atoms with Gasteiger partial charge in [0.15, 0.2) is 0 Å². The number of hydrogen-bond donors (Lipinski definition) is 1. The van der Waals surface area contributed by atoms with E-state index in [9.17, 15) is 0 Å². The van der Waals surface area contributed by atoms with Crippen LogP contribution in [0.1, 0.15) is 18.7 Å². The summed E-state index contributed by atoms with van der Waals surface area (Å²) in [5, 5.41) is 11.0. The molecule has 6 heteroatoms. The Labute approximate surface area is 89.3 Å². The Morgan fingerprint density at radius 2 is 1.92 bits per heavy atom. The van der Waals surface area contributed by atoms with Gasteiger partial charge in [-0.2, -0.15) is 0 Å². The first-order valence-electron chi connectivity index (χ1n) is 3.72. The molecule has 1 N–H and O–H groups in total. The summed E-state index contributed by atoms with van der Waals surface area (Å²) < 4.78 is 5.33. The predicted octanol–water partition coefficient (Wildman–Crippen LogP) is 1.08. The summed E-state index contributed by atoms with van der Waals surface area (Å²) in [5.74, 6) is 1.40. The van der Waals surface area contributed by atoms with Crippen molar-refractivity contribution in [3.8, 4) is 0 Å². The molecule has 0 aliphatic carbocycles. The third-order valence-electron chi connectivity index (χ3n) is 2.07. The van der Waals surface area contributed by atoms with Crippen LogP contribution in [-0.2, 0) is 5.41 Å². The van der Waals surface area contributed by atoms with Gasteiger partial charge >= 0.3 is 0 Å². The molecule has 0 spiro atoms. The zero-order valence-corrected chi connectivity index (χ0v) is 9.17. The maximum Gasteiger partial charge on any atom is 0.224 e. The van der Waals surface area contributed by atoms with Gasteiger partial charge < -0.3 is 9.73 Å². The van der Waals surface area contributed by atoms with Gasteiger partial charge in [0, 0.05) is 20.0 Å². The van der Waals surface area contributed by atoms with Crippen LogP contribution in [0.15, 0.2) is 4.42 Å². The van der Waals surface area contributed by atoms with E-state index in [0.717, 1.165) is 19.0 Å². The molecule has 0 amide bonds. The van der Waals surface area contributed by atoms with Crippen LogP contribution < -0.4 is 5.32 Å². The number of aryl methyl sites for hydroxylation is 1. The fourth-order valence-corrected chi connectivity index (χ4v) is 1.19. The average molecular weight is 226 g/mol. The molecular weight excluding hydrogens is 213 g/mol. The molecule has 0 radical (unpaired) electrons. The number of rotatable bonds is 1. The SMILES string of the molecule is Cc1nnc(C2(C)CNC2)o1.Cl.Cl. The van der Waals surface area contributed by atoms with Crippen LogP contribution in [-0.4, -0.2) is 23.3 Å². The second-order valence-corrected chi connectivity index (χ2v) is 3.29. The summed E-state index contributed by atoms with van der Waals surface area (Å²) in [4.78, 5) is 0. The molecule has 1 aromatic heterocycles. The Hall–Kier alpha value is -0.320. The van der Waals surface area contributed by atoms with Gasteiger partial charge in [0.1, 0.15) is 0 Å². The molecule has 1 aromatic rings. The average Bonchev–Trinajstić information content (AvgIpc) is 2.31. The standard InChI is InChI=1S/C7H11N3O.2ClH/c1-5-9-10-6(11-5)7(2)3-8-4-7;;/h8H,3-4H2,1-2H3;2*1H. The van der Waals surface area contributed by atoms with E-state index in [1.54, 1.807) is 0 Å². The molecule has 76 valence electrons. The monoisotopic (exact) mass is 225 g/mol. The lowest BCUT2D eigenvalue weighted by molar-refractivity contribution is 0.239. The zero-order chi connectivity index (χ0) is 7.90. The number of nitrogens with one attached hydrogen (secondary N) is 1. The Morgan fingerprint density at radius 3 is 2.23 bits per heavy atom. The molecule has 2 rings (SSSR count). The first-order valence-corrected chi connectivity index (χ1v) is 3.72. The summed E-state index contributed by atoms with van der Waals surface area (Å²) in [5.41, 5.74) is 0.0846. The van der Waals surface area contributed by atoms with E-state index >= 15 is 0 Å². The smallest absolute Gasteiger partial charge is 0.224 e. The molecule has 1 aliphatic rings. The normalized spacial score (nSPS) is 18.0. The lowest BCUT2D eigenvalue weighted by Gasteiger charge is -2.35. The molecule has 13 heavy (non-hydrogen) atoms. The minimum absolute atomic E-state index is 0. The summed E-state index contributed by atoms with van der Waals surface area (Å²) in [6, 6.07) is 0. The van der Waals surface area contributed by atoms with Crippen molar-refractivity contribution >= 4 is 24.8 Å². The predicted molar refractivity (Wildman–Crippen MR) is 53.8 cm³/mol. The highest BCUT2D eigenvalue weighted by molar-refractivity contribution is 5.85. The maximum atomic E-state index is 5.33. The molecule has 2 heterocycles. The molecule has 1 aliphatic heterocycles. The van der Waals surface area contributed by atoms with Crippen LogP contribution in [0.3, 0.4) is 0 Å². The fourth-order valence-electron chi connectivity index (χ4n) is 1.19. The Kier molecular flexibility index (Phi) is 4.16. The van der Waals surface area contributed by atoms with Crippen molar-refractivity contribution in [2.75, 3.05) is 13.1 Å². The van der Waals surface area contributed by atoms with Crippen molar-refractivity contribution in [1.29, 1.82) is 0 Å². The molecular formula is C7H13Cl2N3O. The number of nitrogens with zero attached hydrogens (tertiary/aromatic N) is 2. The second kappa shape index (κ2) is 4.26. The van der Waals surface area contributed by atoms with Gasteiger partial charge in [-0.3, -0.25) is 0 Å². The number of halogens is 2. The maximum absolute atomic E-state index is 5.33. The number of hydrogen-bond acceptors (Lipinski definition) is 4. The first kappa shape index (κ1) is 12.7. The van der Waals surface area contributed by atoms with E-state index in [1.807, 2.05) is 6.92 Å². The van der Waals surface area contributed by atoms with Gasteiger partial charge in [0.05, 0.1) is 5.41 Å². The number of aromatic nitrogens is 2. The van der Waals surface area contributed by atoms with Crippen molar-refractivity contribution < 1.29 is 4.42 Å². The highest BCUT2D eigenvalue weighted by Gasteiger charge is 2.38. The first-order chi connectivity index (χ1) is 5.21. The van der Waals surface area contributed by atoms with Gasteiger partial charge in [-0.05, 0) is 6.92 Å². The highest BCUT2D eigenvalue weighted by Crippen LogP contribution is 2.25. The second-order valence-electron chi connectivity index (χ2n) is 3.29. The minimum atomic E-state index is 0. The van der Waals surface area contributed by atoms with Crippen molar-refractivity contribution in [1.82, 2.24) is 15.5 Å². The highest BCUT2D eigenvalue weighted by atomic mass is 35.5. The van der Waals surface area contributed by atoms with E-state index in [-0.39, 0.29) is 30.2 Å². The molecule has 0 atom stereocenters. The van der Waals surface area contributed by atoms with Crippen LogP contribution in [0.2, 0.25) is 0 Å². The lowest BCUT2D eigenvalue weighted by Crippen LogP contribution is -2.54.